The Morgan fingerprint density at radius 1 is 1.21 bits per heavy atom. The van der Waals surface area contributed by atoms with Crippen LogP contribution in [0.15, 0.2) is 49.7 Å². The van der Waals surface area contributed by atoms with Gasteiger partial charge in [-0.1, -0.05) is 12.1 Å². The van der Waals surface area contributed by atoms with Gasteiger partial charge in [0.15, 0.2) is 5.58 Å². The van der Waals surface area contributed by atoms with E-state index in [2.05, 4.69) is 16.8 Å². The molecule has 5 heteroatoms. The molecule has 5 nitrogen and oxygen atoms in total. The Bertz CT molecular complexity index is 964. The Morgan fingerprint density at radius 3 is 2.83 bits per heavy atom. The number of fused-ring (bicyclic) bond motifs is 2. The molecular formula is C19H18N2O3. The predicted molar refractivity (Wildman–Crippen MR) is 92.6 cm³/mol. The van der Waals surface area contributed by atoms with Crippen LogP contribution >= 0.6 is 0 Å². The van der Waals surface area contributed by atoms with Crippen molar-refractivity contribution in [3.8, 4) is 11.5 Å². The van der Waals surface area contributed by atoms with Gasteiger partial charge in [-0.05, 0) is 43.5 Å². The fourth-order valence-electron chi connectivity index (χ4n) is 2.97. The molecule has 0 atom stereocenters. The van der Waals surface area contributed by atoms with Gasteiger partial charge < -0.3 is 13.7 Å². The number of nitrogens with zero attached hydrogens (tertiary/aromatic N) is 2. The van der Waals surface area contributed by atoms with Gasteiger partial charge in [-0.15, -0.1) is 0 Å². The van der Waals surface area contributed by atoms with E-state index in [9.17, 15) is 4.79 Å². The van der Waals surface area contributed by atoms with Crippen LogP contribution in [0.25, 0.3) is 28.6 Å². The Hall–Kier alpha value is -2.82. The van der Waals surface area contributed by atoms with E-state index < -0.39 is 5.63 Å². The molecule has 0 amide bonds. The van der Waals surface area contributed by atoms with E-state index >= 15 is 0 Å². The molecule has 122 valence electrons. The van der Waals surface area contributed by atoms with Crippen molar-refractivity contribution in [2.24, 2.45) is 0 Å². The van der Waals surface area contributed by atoms with Crippen LogP contribution in [-0.4, -0.2) is 23.5 Å². The molecule has 1 aromatic carbocycles. The number of rotatable bonds is 3. The molecule has 0 N–H and O–H groups in total. The maximum absolute atomic E-state index is 12.4. The Labute approximate surface area is 139 Å². The minimum atomic E-state index is -0.419. The first-order valence-corrected chi connectivity index (χ1v) is 8.10. The first-order valence-electron chi connectivity index (χ1n) is 8.10. The monoisotopic (exact) mass is 322 g/mol. The lowest BCUT2D eigenvalue weighted by Gasteiger charge is -2.24. The molecular weight excluding hydrogens is 304 g/mol. The number of benzene rings is 1. The van der Waals surface area contributed by atoms with Crippen LogP contribution in [-0.2, 0) is 6.42 Å². The maximum atomic E-state index is 12.4. The van der Waals surface area contributed by atoms with Gasteiger partial charge in [-0.3, -0.25) is 0 Å². The van der Waals surface area contributed by atoms with E-state index in [0.29, 0.717) is 22.8 Å². The molecule has 0 saturated heterocycles. The quantitative estimate of drug-likeness (QED) is 0.736. The molecule has 2 aromatic heterocycles. The van der Waals surface area contributed by atoms with Crippen molar-refractivity contribution in [2.45, 2.75) is 19.8 Å². The van der Waals surface area contributed by atoms with Gasteiger partial charge >= 0.3 is 5.63 Å². The molecule has 2 heterocycles. The van der Waals surface area contributed by atoms with Gasteiger partial charge in [0.05, 0.1) is 0 Å². The van der Waals surface area contributed by atoms with Crippen LogP contribution in [0.5, 0.6) is 0 Å². The summed E-state index contributed by atoms with van der Waals surface area (Å²) in [6.07, 6.45) is 3.72. The highest BCUT2D eigenvalue weighted by atomic mass is 16.4. The molecule has 1 aliphatic carbocycles. The summed E-state index contributed by atoms with van der Waals surface area (Å²) in [6, 6.07) is 9.31. The Kier molecular flexibility index (Phi) is 3.49. The topological polar surface area (TPSA) is 59.5 Å². The summed E-state index contributed by atoms with van der Waals surface area (Å²) < 4.78 is 11.3. The summed E-state index contributed by atoms with van der Waals surface area (Å²) >= 11 is 0. The van der Waals surface area contributed by atoms with E-state index in [1.807, 2.05) is 43.5 Å². The highest BCUT2D eigenvalue weighted by Gasteiger charge is 2.20. The van der Waals surface area contributed by atoms with Crippen LogP contribution in [0.4, 0.5) is 0 Å². The minimum absolute atomic E-state index is 0.313. The van der Waals surface area contributed by atoms with Gasteiger partial charge in [0.1, 0.15) is 16.8 Å². The molecule has 0 bridgehead atoms. The van der Waals surface area contributed by atoms with Crippen molar-refractivity contribution in [3.05, 3.63) is 57.8 Å². The van der Waals surface area contributed by atoms with Crippen LogP contribution in [0.3, 0.4) is 0 Å². The molecule has 24 heavy (non-hydrogen) atoms. The molecule has 0 radical (unpaired) electrons. The van der Waals surface area contributed by atoms with E-state index in [-0.39, 0.29) is 0 Å². The maximum Gasteiger partial charge on any atom is 0.349 e. The van der Waals surface area contributed by atoms with E-state index in [1.165, 1.54) is 5.70 Å². The lowest BCUT2D eigenvalue weighted by molar-refractivity contribution is 0.416. The standard InChI is InChI=1S/C19H18N2O3/c1-3-21(2)13-9-8-12-10-14(19(22)24-17(12)11-13)18-20-15-6-4-5-7-16(15)23-18/h4-7,10-11H,3,8-9H2,1-2H3. The van der Waals surface area contributed by atoms with Crippen molar-refractivity contribution in [1.82, 2.24) is 9.88 Å². The minimum Gasteiger partial charge on any atom is -0.436 e. The molecule has 0 fully saturated rings. The molecule has 0 unspecified atom stereocenters. The third-order valence-corrected chi connectivity index (χ3v) is 4.49. The number of aryl methyl sites for hydroxylation is 1. The number of para-hydroxylation sites is 2. The molecule has 4 rings (SSSR count). The molecule has 0 aliphatic heterocycles. The number of hydrogen-bond acceptors (Lipinski definition) is 5. The van der Waals surface area contributed by atoms with Gasteiger partial charge in [0.2, 0.25) is 5.89 Å². The second-order valence-corrected chi connectivity index (χ2v) is 5.97. The fourth-order valence-corrected chi connectivity index (χ4v) is 2.97. The number of allylic oxidation sites excluding steroid dienone is 1. The van der Waals surface area contributed by atoms with Crippen molar-refractivity contribution in [3.63, 3.8) is 0 Å². The second kappa shape index (κ2) is 5.67. The van der Waals surface area contributed by atoms with Gasteiger partial charge in [0, 0.05) is 25.4 Å². The van der Waals surface area contributed by atoms with E-state index in [0.717, 1.165) is 30.5 Å². The first-order chi connectivity index (χ1) is 11.7. The summed E-state index contributed by atoms with van der Waals surface area (Å²) in [6.45, 7) is 3.02. The Balaban J connectivity index is 1.80. The second-order valence-electron chi connectivity index (χ2n) is 5.97. The third kappa shape index (κ3) is 2.42. The average molecular weight is 322 g/mol. The van der Waals surface area contributed by atoms with Gasteiger partial charge in [-0.25, -0.2) is 9.78 Å². The van der Waals surface area contributed by atoms with E-state index in [4.69, 9.17) is 8.83 Å². The zero-order valence-corrected chi connectivity index (χ0v) is 13.7. The lowest BCUT2D eigenvalue weighted by Crippen LogP contribution is -2.20. The zero-order valence-electron chi connectivity index (χ0n) is 13.7. The van der Waals surface area contributed by atoms with Crippen molar-refractivity contribution in [1.29, 1.82) is 0 Å². The Morgan fingerprint density at radius 2 is 2.04 bits per heavy atom. The van der Waals surface area contributed by atoms with Crippen molar-refractivity contribution in [2.75, 3.05) is 13.6 Å². The smallest absolute Gasteiger partial charge is 0.349 e. The first kappa shape index (κ1) is 14.8. The van der Waals surface area contributed by atoms with Crippen LogP contribution in [0.1, 0.15) is 24.7 Å². The third-order valence-electron chi connectivity index (χ3n) is 4.49. The summed E-state index contributed by atoms with van der Waals surface area (Å²) in [5.74, 6) is 0.953. The molecule has 1 aliphatic rings. The summed E-state index contributed by atoms with van der Waals surface area (Å²) in [4.78, 5) is 19.0. The van der Waals surface area contributed by atoms with E-state index in [1.54, 1.807) is 0 Å². The SMILES string of the molecule is CCN(C)C1=Cc2oc(=O)c(-c3nc4ccccc4o3)cc2CC1. The number of oxazole rings is 1. The highest BCUT2D eigenvalue weighted by Crippen LogP contribution is 2.28. The number of hydrogen-bond donors (Lipinski definition) is 0. The zero-order chi connectivity index (χ0) is 16.7. The lowest BCUT2D eigenvalue weighted by atomic mass is 9.99. The van der Waals surface area contributed by atoms with Gasteiger partial charge in [-0.2, -0.15) is 0 Å². The van der Waals surface area contributed by atoms with Crippen LogP contribution in [0.2, 0.25) is 0 Å². The summed E-state index contributed by atoms with van der Waals surface area (Å²) in [5.41, 5.74) is 3.55. The van der Waals surface area contributed by atoms with Crippen molar-refractivity contribution < 1.29 is 8.83 Å². The fraction of sp³-hybridized carbons (Fsp3) is 0.263. The largest absolute Gasteiger partial charge is 0.436 e. The van der Waals surface area contributed by atoms with Crippen molar-refractivity contribution >= 4 is 17.2 Å². The van der Waals surface area contributed by atoms with Gasteiger partial charge in [0.25, 0.3) is 0 Å². The predicted octanol–water partition coefficient (Wildman–Crippen LogP) is 3.69. The van der Waals surface area contributed by atoms with Crippen LogP contribution in [0, 0.1) is 0 Å². The average Bonchev–Trinajstić information content (AvgIpc) is 3.03. The highest BCUT2D eigenvalue weighted by molar-refractivity contribution is 5.76. The normalized spacial score (nSPS) is 13.7. The summed E-state index contributed by atoms with van der Waals surface area (Å²) in [5, 5.41) is 0. The molecule has 0 saturated carbocycles. The number of aromatic nitrogens is 1. The molecule has 3 aromatic rings. The van der Waals surface area contributed by atoms with Crippen LogP contribution < -0.4 is 5.63 Å². The molecule has 0 spiro atoms. The summed E-state index contributed by atoms with van der Waals surface area (Å²) in [7, 11) is 2.04.